The maximum atomic E-state index is 5.56. The second-order valence-corrected chi connectivity index (χ2v) is 2.98. The summed E-state index contributed by atoms with van der Waals surface area (Å²) in [6, 6.07) is 8.03. The van der Waals surface area contributed by atoms with Gasteiger partial charge in [-0.05, 0) is 17.2 Å². The summed E-state index contributed by atoms with van der Waals surface area (Å²) in [5.41, 5.74) is 8.74. The van der Waals surface area contributed by atoms with Crippen molar-refractivity contribution >= 4 is 0 Å². The van der Waals surface area contributed by atoms with Gasteiger partial charge < -0.3 is 5.73 Å². The lowest BCUT2D eigenvalue weighted by molar-refractivity contribution is 1.07. The minimum absolute atomic E-state index is 0.549. The van der Waals surface area contributed by atoms with Crippen LogP contribution >= 0.6 is 0 Å². The summed E-state index contributed by atoms with van der Waals surface area (Å²) in [6.07, 6.45) is 5.98. The molecule has 0 fully saturated rings. The molecule has 0 amide bonds. The molecule has 2 aromatic rings. The molecule has 0 unspecified atom stereocenters. The van der Waals surface area contributed by atoms with E-state index >= 15 is 0 Å². The highest BCUT2D eigenvalue weighted by molar-refractivity contribution is 5.61. The molecular formula is C11H10N3. The van der Waals surface area contributed by atoms with Crippen molar-refractivity contribution in [3.63, 3.8) is 0 Å². The first-order valence-electron chi connectivity index (χ1n) is 4.37. The highest BCUT2D eigenvalue weighted by atomic mass is 14.8. The first kappa shape index (κ1) is 8.84. The summed E-state index contributed by atoms with van der Waals surface area (Å²) in [5.74, 6) is 0. The summed E-state index contributed by atoms with van der Waals surface area (Å²) >= 11 is 0. The van der Waals surface area contributed by atoms with Crippen molar-refractivity contribution in [1.29, 1.82) is 0 Å². The molecule has 0 aliphatic rings. The van der Waals surface area contributed by atoms with E-state index in [2.05, 4.69) is 16.3 Å². The van der Waals surface area contributed by atoms with E-state index in [1.165, 1.54) is 0 Å². The number of hydrogen-bond donors (Lipinski definition) is 1. The molecule has 3 heteroatoms. The molecule has 0 aliphatic heterocycles. The van der Waals surface area contributed by atoms with Crippen LogP contribution < -0.4 is 5.73 Å². The van der Waals surface area contributed by atoms with Gasteiger partial charge in [0.25, 0.3) is 0 Å². The molecule has 3 nitrogen and oxygen atoms in total. The Hall–Kier alpha value is -1.74. The van der Waals surface area contributed by atoms with E-state index in [4.69, 9.17) is 5.73 Å². The second-order valence-electron chi connectivity index (χ2n) is 2.98. The molecule has 2 N–H and O–H groups in total. The standard InChI is InChI=1S/C11H10N3/c12-5-9-2-1-3-10(4-9)11-6-13-8-14-7-11/h1-4,6-7H,5,12H2. The highest BCUT2D eigenvalue weighted by Gasteiger charge is 1.98. The van der Waals surface area contributed by atoms with Gasteiger partial charge in [-0.25, -0.2) is 9.97 Å². The lowest BCUT2D eigenvalue weighted by Gasteiger charge is -2.02. The Morgan fingerprint density at radius 3 is 2.64 bits per heavy atom. The van der Waals surface area contributed by atoms with Gasteiger partial charge in [0.15, 0.2) is 6.33 Å². The average molecular weight is 184 g/mol. The highest BCUT2D eigenvalue weighted by Crippen LogP contribution is 2.17. The quantitative estimate of drug-likeness (QED) is 0.767. The van der Waals surface area contributed by atoms with E-state index in [0.29, 0.717) is 6.54 Å². The maximum absolute atomic E-state index is 5.56. The predicted octanol–water partition coefficient (Wildman–Crippen LogP) is 1.40. The Bertz CT molecular complexity index is 412. The number of nitrogens with zero attached hydrogens (tertiary/aromatic N) is 2. The zero-order chi connectivity index (χ0) is 9.80. The van der Waals surface area contributed by atoms with E-state index in [1.807, 2.05) is 24.3 Å². The molecule has 2 rings (SSSR count). The van der Waals surface area contributed by atoms with Crippen LogP contribution in [0.2, 0.25) is 0 Å². The largest absolute Gasteiger partial charge is 0.326 e. The van der Waals surface area contributed by atoms with Crippen molar-refractivity contribution < 1.29 is 0 Å². The van der Waals surface area contributed by atoms with Crippen LogP contribution in [0, 0.1) is 6.33 Å². The second kappa shape index (κ2) is 3.98. The molecule has 0 spiro atoms. The maximum Gasteiger partial charge on any atom is 0.197 e. The van der Waals surface area contributed by atoms with Crippen molar-refractivity contribution in [3.05, 3.63) is 48.5 Å². The van der Waals surface area contributed by atoms with Crippen LogP contribution in [0.15, 0.2) is 36.7 Å². The van der Waals surface area contributed by atoms with Crippen molar-refractivity contribution in [3.8, 4) is 11.1 Å². The Morgan fingerprint density at radius 2 is 1.93 bits per heavy atom. The van der Waals surface area contributed by atoms with Crippen molar-refractivity contribution in [2.24, 2.45) is 5.73 Å². The minimum atomic E-state index is 0.549. The van der Waals surface area contributed by atoms with Gasteiger partial charge in [0, 0.05) is 24.5 Å². The van der Waals surface area contributed by atoms with Crippen LogP contribution in [-0.4, -0.2) is 9.97 Å². The first-order chi connectivity index (χ1) is 6.90. The molecule has 0 saturated carbocycles. The molecule has 14 heavy (non-hydrogen) atoms. The molecule has 1 aromatic heterocycles. The third-order valence-electron chi connectivity index (χ3n) is 2.02. The third kappa shape index (κ3) is 1.78. The van der Waals surface area contributed by atoms with Crippen LogP contribution in [0.25, 0.3) is 11.1 Å². The molecule has 1 aromatic carbocycles. The zero-order valence-electron chi connectivity index (χ0n) is 7.64. The first-order valence-corrected chi connectivity index (χ1v) is 4.37. The fraction of sp³-hybridized carbons (Fsp3) is 0.0909. The van der Waals surface area contributed by atoms with Crippen molar-refractivity contribution in [2.45, 2.75) is 6.54 Å². The summed E-state index contributed by atoms with van der Waals surface area (Å²) < 4.78 is 0. The summed E-state index contributed by atoms with van der Waals surface area (Å²) in [6.45, 7) is 0.549. The van der Waals surface area contributed by atoms with Gasteiger partial charge in [-0.15, -0.1) is 0 Å². The Morgan fingerprint density at radius 1 is 1.14 bits per heavy atom. The number of hydrogen-bond acceptors (Lipinski definition) is 3. The van der Waals surface area contributed by atoms with Crippen LogP contribution in [-0.2, 0) is 6.54 Å². The Kier molecular flexibility index (Phi) is 2.51. The molecule has 69 valence electrons. The van der Waals surface area contributed by atoms with Crippen LogP contribution in [0.5, 0.6) is 0 Å². The Balaban J connectivity index is 2.42. The molecular weight excluding hydrogens is 174 g/mol. The van der Waals surface area contributed by atoms with Gasteiger partial charge in [0.2, 0.25) is 0 Å². The monoisotopic (exact) mass is 184 g/mol. The van der Waals surface area contributed by atoms with Gasteiger partial charge >= 0.3 is 0 Å². The normalized spacial score (nSPS) is 10.1. The van der Waals surface area contributed by atoms with E-state index in [9.17, 15) is 0 Å². The van der Waals surface area contributed by atoms with E-state index in [-0.39, 0.29) is 0 Å². The summed E-state index contributed by atoms with van der Waals surface area (Å²) in [4.78, 5) is 7.70. The number of nitrogens with two attached hydrogens (primary N) is 1. The van der Waals surface area contributed by atoms with Gasteiger partial charge in [-0.1, -0.05) is 18.2 Å². The molecule has 0 atom stereocenters. The SMILES string of the molecule is NCc1cccc(-c2cn[c]nc2)c1. The summed E-state index contributed by atoms with van der Waals surface area (Å²) in [7, 11) is 0. The summed E-state index contributed by atoms with van der Waals surface area (Å²) in [5, 5.41) is 0. The Labute approximate surface area is 82.6 Å². The minimum Gasteiger partial charge on any atom is -0.326 e. The van der Waals surface area contributed by atoms with E-state index in [0.717, 1.165) is 16.7 Å². The fourth-order valence-corrected chi connectivity index (χ4v) is 1.29. The number of rotatable bonds is 2. The zero-order valence-corrected chi connectivity index (χ0v) is 7.64. The molecule has 1 radical (unpaired) electrons. The van der Waals surface area contributed by atoms with Crippen molar-refractivity contribution in [2.75, 3.05) is 0 Å². The third-order valence-corrected chi connectivity index (χ3v) is 2.02. The van der Waals surface area contributed by atoms with Crippen LogP contribution in [0.3, 0.4) is 0 Å². The number of benzene rings is 1. The van der Waals surface area contributed by atoms with Crippen molar-refractivity contribution in [1.82, 2.24) is 9.97 Å². The van der Waals surface area contributed by atoms with Gasteiger partial charge in [-0.2, -0.15) is 0 Å². The smallest absolute Gasteiger partial charge is 0.197 e. The topological polar surface area (TPSA) is 51.8 Å². The molecule has 1 heterocycles. The van der Waals surface area contributed by atoms with Gasteiger partial charge in [-0.3, -0.25) is 0 Å². The van der Waals surface area contributed by atoms with Gasteiger partial charge in [0.1, 0.15) is 0 Å². The van der Waals surface area contributed by atoms with Crippen LogP contribution in [0.1, 0.15) is 5.56 Å². The van der Waals surface area contributed by atoms with E-state index in [1.54, 1.807) is 12.4 Å². The molecule has 0 aliphatic carbocycles. The fourth-order valence-electron chi connectivity index (χ4n) is 1.29. The number of aromatic nitrogens is 2. The lowest BCUT2D eigenvalue weighted by Crippen LogP contribution is -1.95. The molecule has 0 saturated heterocycles. The molecule has 0 bridgehead atoms. The van der Waals surface area contributed by atoms with Crippen LogP contribution in [0.4, 0.5) is 0 Å². The van der Waals surface area contributed by atoms with Gasteiger partial charge in [0.05, 0.1) is 0 Å². The predicted molar refractivity (Wildman–Crippen MR) is 54.2 cm³/mol. The van der Waals surface area contributed by atoms with E-state index < -0.39 is 0 Å². The lowest BCUT2D eigenvalue weighted by atomic mass is 10.1. The average Bonchev–Trinajstić information content (AvgIpc) is 2.30.